The van der Waals surface area contributed by atoms with Crippen LogP contribution in [-0.2, 0) is 5.60 Å². The molecule has 1 N–H and O–H groups in total. The molecule has 0 aliphatic rings. The molecule has 0 spiro atoms. The van der Waals surface area contributed by atoms with Gasteiger partial charge in [-0.1, -0.05) is 0 Å². The van der Waals surface area contributed by atoms with Crippen molar-refractivity contribution < 1.29 is 18.3 Å². The van der Waals surface area contributed by atoms with Gasteiger partial charge in [0.15, 0.2) is 11.5 Å². The van der Waals surface area contributed by atoms with Crippen molar-refractivity contribution in [2.24, 2.45) is 0 Å². The summed E-state index contributed by atoms with van der Waals surface area (Å²) in [6, 6.07) is 9.46. The molecule has 3 heterocycles. The minimum Gasteiger partial charge on any atom is -0.464 e. The fraction of sp³-hybridized carbons (Fsp3) is 0.150. The van der Waals surface area contributed by atoms with E-state index in [1.807, 2.05) is 0 Å². The minimum absolute atomic E-state index is 0.100. The smallest absolute Gasteiger partial charge is 0.174 e. The lowest BCUT2D eigenvalue weighted by Gasteiger charge is -2.18. The number of aliphatic hydroxyl groups is 1. The molecule has 26 heavy (non-hydrogen) atoms. The van der Waals surface area contributed by atoms with Gasteiger partial charge < -0.3 is 9.52 Å². The molecule has 0 atom stereocenters. The first-order valence-electron chi connectivity index (χ1n) is 8.08. The van der Waals surface area contributed by atoms with Crippen LogP contribution in [0.1, 0.15) is 19.4 Å². The van der Waals surface area contributed by atoms with Crippen LogP contribution in [0, 0.1) is 11.6 Å². The highest BCUT2D eigenvalue weighted by Crippen LogP contribution is 2.31. The fourth-order valence-electron chi connectivity index (χ4n) is 3.01. The van der Waals surface area contributed by atoms with Crippen molar-refractivity contribution in [1.29, 1.82) is 0 Å². The van der Waals surface area contributed by atoms with Gasteiger partial charge in [0.25, 0.3) is 0 Å². The van der Waals surface area contributed by atoms with Crippen molar-refractivity contribution in [3.8, 4) is 22.6 Å². The van der Waals surface area contributed by atoms with Crippen LogP contribution in [0.25, 0.3) is 28.2 Å². The van der Waals surface area contributed by atoms with E-state index in [9.17, 15) is 13.9 Å². The highest BCUT2D eigenvalue weighted by atomic mass is 19.1. The predicted molar refractivity (Wildman–Crippen MR) is 93.5 cm³/mol. The van der Waals surface area contributed by atoms with Crippen LogP contribution >= 0.6 is 0 Å². The summed E-state index contributed by atoms with van der Waals surface area (Å²) in [5.41, 5.74) is 0.534. The number of fused-ring (bicyclic) bond motifs is 1. The highest BCUT2D eigenvalue weighted by molar-refractivity contribution is 5.71. The third kappa shape index (κ3) is 2.59. The predicted octanol–water partition coefficient (Wildman–Crippen LogP) is 4.77. The Hall–Kier alpha value is -2.99. The number of rotatable bonds is 3. The largest absolute Gasteiger partial charge is 0.464 e. The Morgan fingerprint density at radius 3 is 2.65 bits per heavy atom. The van der Waals surface area contributed by atoms with E-state index in [0.29, 0.717) is 22.6 Å². The number of benzene rings is 1. The summed E-state index contributed by atoms with van der Waals surface area (Å²) in [4.78, 5) is 4.14. The second kappa shape index (κ2) is 5.78. The van der Waals surface area contributed by atoms with Gasteiger partial charge in [0, 0.05) is 17.3 Å². The molecule has 132 valence electrons. The Labute approximate surface area is 148 Å². The van der Waals surface area contributed by atoms with Gasteiger partial charge in [-0.3, -0.25) is 4.40 Å². The normalized spacial score (nSPS) is 12.0. The third-order valence-electron chi connectivity index (χ3n) is 4.33. The van der Waals surface area contributed by atoms with E-state index >= 15 is 0 Å². The number of furan rings is 1. The van der Waals surface area contributed by atoms with Crippen LogP contribution in [0.5, 0.6) is 0 Å². The van der Waals surface area contributed by atoms with Gasteiger partial charge in [-0.25, -0.2) is 13.8 Å². The van der Waals surface area contributed by atoms with E-state index in [-0.39, 0.29) is 11.2 Å². The number of pyridine rings is 1. The molecule has 0 amide bonds. The second-order valence-electron chi connectivity index (χ2n) is 6.61. The first-order chi connectivity index (χ1) is 12.4. The maximum absolute atomic E-state index is 14.7. The number of nitrogens with zero attached hydrogens (tertiary/aromatic N) is 2. The average Bonchev–Trinajstić information content (AvgIpc) is 3.24. The van der Waals surface area contributed by atoms with Crippen LogP contribution in [0.15, 0.2) is 59.5 Å². The standard InChI is InChI=1S/C20H16F2N2O2/c1-20(2,25)14-7-8-24-16(11-23-19(24)18(14)22)12-5-6-15(21)13(10-12)17-4-3-9-26-17/h3-11,25H,1-2H3. The Balaban J connectivity index is 1.88. The average molecular weight is 354 g/mol. The van der Waals surface area contributed by atoms with Crippen molar-refractivity contribution in [3.05, 3.63) is 72.3 Å². The lowest BCUT2D eigenvalue weighted by Crippen LogP contribution is -2.18. The van der Waals surface area contributed by atoms with Gasteiger partial charge in [0.05, 0.1) is 29.3 Å². The summed E-state index contributed by atoms with van der Waals surface area (Å²) in [6.07, 6.45) is 4.64. The van der Waals surface area contributed by atoms with E-state index in [2.05, 4.69) is 4.98 Å². The molecule has 4 aromatic rings. The van der Waals surface area contributed by atoms with Gasteiger partial charge in [-0.05, 0) is 50.2 Å². The molecule has 0 radical (unpaired) electrons. The highest BCUT2D eigenvalue weighted by Gasteiger charge is 2.24. The molecule has 4 rings (SSSR count). The molecule has 3 aromatic heterocycles. The number of imidazole rings is 1. The zero-order valence-electron chi connectivity index (χ0n) is 14.2. The number of hydrogen-bond donors (Lipinski definition) is 1. The Morgan fingerprint density at radius 2 is 1.96 bits per heavy atom. The summed E-state index contributed by atoms with van der Waals surface area (Å²) in [5.74, 6) is -0.582. The molecule has 0 fully saturated rings. The quantitative estimate of drug-likeness (QED) is 0.577. The lowest BCUT2D eigenvalue weighted by atomic mass is 9.99. The van der Waals surface area contributed by atoms with Crippen LogP contribution in [-0.4, -0.2) is 14.5 Å². The van der Waals surface area contributed by atoms with Gasteiger partial charge in [0.1, 0.15) is 11.6 Å². The summed E-state index contributed by atoms with van der Waals surface area (Å²) in [5, 5.41) is 10.1. The minimum atomic E-state index is -1.32. The van der Waals surface area contributed by atoms with Crippen LogP contribution in [0.2, 0.25) is 0 Å². The molecule has 6 heteroatoms. The summed E-state index contributed by atoms with van der Waals surface area (Å²) in [7, 11) is 0. The van der Waals surface area contributed by atoms with Crippen LogP contribution in [0.4, 0.5) is 8.78 Å². The zero-order chi connectivity index (χ0) is 18.5. The Kier molecular flexibility index (Phi) is 3.66. The van der Waals surface area contributed by atoms with Gasteiger partial charge in [0.2, 0.25) is 0 Å². The second-order valence-corrected chi connectivity index (χ2v) is 6.61. The maximum atomic E-state index is 14.7. The van der Waals surface area contributed by atoms with Crippen LogP contribution in [0.3, 0.4) is 0 Å². The molecule has 0 bridgehead atoms. The number of aromatic nitrogens is 2. The van der Waals surface area contributed by atoms with Gasteiger partial charge >= 0.3 is 0 Å². The molecule has 0 saturated heterocycles. The van der Waals surface area contributed by atoms with E-state index in [1.165, 1.54) is 38.4 Å². The third-order valence-corrected chi connectivity index (χ3v) is 4.33. The molecule has 0 saturated carbocycles. The van der Waals surface area contributed by atoms with E-state index < -0.39 is 17.2 Å². The fourth-order valence-corrected chi connectivity index (χ4v) is 3.01. The van der Waals surface area contributed by atoms with Crippen molar-refractivity contribution in [3.63, 3.8) is 0 Å². The molecule has 0 aliphatic carbocycles. The number of hydrogen-bond acceptors (Lipinski definition) is 3. The van der Waals surface area contributed by atoms with E-state index in [4.69, 9.17) is 4.42 Å². The summed E-state index contributed by atoms with van der Waals surface area (Å²) in [6.45, 7) is 3.03. The topological polar surface area (TPSA) is 50.7 Å². The summed E-state index contributed by atoms with van der Waals surface area (Å²) >= 11 is 0. The van der Waals surface area contributed by atoms with E-state index in [0.717, 1.165) is 0 Å². The monoisotopic (exact) mass is 354 g/mol. The Morgan fingerprint density at radius 1 is 1.15 bits per heavy atom. The molecular formula is C20H16F2N2O2. The lowest BCUT2D eigenvalue weighted by molar-refractivity contribution is 0.0746. The Bertz CT molecular complexity index is 1090. The van der Waals surface area contributed by atoms with Crippen molar-refractivity contribution in [2.75, 3.05) is 0 Å². The molecule has 4 nitrogen and oxygen atoms in total. The SMILES string of the molecule is CC(C)(O)c1ccn2c(-c3ccc(F)c(-c4ccco4)c3)cnc2c1F. The molecular weight excluding hydrogens is 338 g/mol. The molecule has 1 aromatic carbocycles. The zero-order valence-corrected chi connectivity index (χ0v) is 14.2. The van der Waals surface area contributed by atoms with Gasteiger partial charge in [-0.2, -0.15) is 0 Å². The summed E-state index contributed by atoms with van der Waals surface area (Å²) < 4.78 is 35.8. The first kappa shape index (κ1) is 16.5. The van der Waals surface area contributed by atoms with Crippen molar-refractivity contribution in [2.45, 2.75) is 19.4 Å². The van der Waals surface area contributed by atoms with Crippen LogP contribution < -0.4 is 0 Å². The van der Waals surface area contributed by atoms with Gasteiger partial charge in [-0.15, -0.1) is 0 Å². The number of halogens is 2. The van der Waals surface area contributed by atoms with Crippen molar-refractivity contribution >= 4 is 5.65 Å². The molecule has 0 unspecified atom stereocenters. The molecule has 0 aliphatic heterocycles. The van der Waals surface area contributed by atoms with E-state index in [1.54, 1.807) is 34.9 Å². The maximum Gasteiger partial charge on any atom is 0.174 e. The van der Waals surface area contributed by atoms with Crippen molar-refractivity contribution in [1.82, 2.24) is 9.38 Å². The first-order valence-corrected chi connectivity index (χ1v) is 8.08.